The fourth-order valence-electron chi connectivity index (χ4n) is 3.41. The lowest BCUT2D eigenvalue weighted by molar-refractivity contribution is -0.123. The van der Waals surface area contributed by atoms with Gasteiger partial charge in [-0.25, -0.2) is 0 Å². The SMILES string of the molecule is Cc1cccc(COc2ccc(/C=C3/SC(=O)N(Cc4cccc(C)c4)C3=O)cc2)c1. The lowest BCUT2D eigenvalue weighted by atomic mass is 10.1. The summed E-state index contributed by atoms with van der Waals surface area (Å²) in [6.45, 7) is 4.83. The second kappa shape index (κ2) is 9.23. The maximum atomic E-state index is 12.8. The Morgan fingerprint density at radius 1 is 0.871 bits per heavy atom. The van der Waals surface area contributed by atoms with Crippen molar-refractivity contribution in [2.24, 2.45) is 0 Å². The molecular weight excluding hydrogens is 406 g/mol. The number of carbonyl (C=O) groups is 2. The van der Waals surface area contributed by atoms with Gasteiger partial charge in [-0.15, -0.1) is 0 Å². The summed E-state index contributed by atoms with van der Waals surface area (Å²) in [5, 5.41) is -0.240. The molecule has 3 aromatic rings. The molecule has 156 valence electrons. The van der Waals surface area contributed by atoms with E-state index in [1.165, 1.54) is 10.5 Å². The van der Waals surface area contributed by atoms with E-state index in [1.54, 1.807) is 6.08 Å². The molecule has 0 aromatic heterocycles. The summed E-state index contributed by atoms with van der Waals surface area (Å²) in [5.74, 6) is 0.502. The largest absolute Gasteiger partial charge is 0.489 e. The highest BCUT2D eigenvalue weighted by Crippen LogP contribution is 2.33. The molecule has 4 rings (SSSR count). The first-order chi connectivity index (χ1) is 15.0. The number of hydrogen-bond acceptors (Lipinski definition) is 4. The van der Waals surface area contributed by atoms with Crippen molar-refractivity contribution in [3.63, 3.8) is 0 Å². The first-order valence-corrected chi connectivity index (χ1v) is 10.9. The average molecular weight is 430 g/mol. The number of benzene rings is 3. The molecule has 5 heteroatoms. The van der Waals surface area contributed by atoms with Crippen LogP contribution in [0.5, 0.6) is 5.75 Å². The quantitative estimate of drug-likeness (QED) is 0.443. The van der Waals surface area contributed by atoms with Crippen LogP contribution >= 0.6 is 11.8 Å². The van der Waals surface area contributed by atoms with Gasteiger partial charge in [0.1, 0.15) is 12.4 Å². The van der Waals surface area contributed by atoms with Gasteiger partial charge in [-0.3, -0.25) is 14.5 Å². The lowest BCUT2D eigenvalue weighted by Gasteiger charge is -2.12. The number of nitrogens with zero attached hydrogens (tertiary/aromatic N) is 1. The molecule has 0 radical (unpaired) electrons. The third-order valence-corrected chi connectivity index (χ3v) is 5.87. The van der Waals surface area contributed by atoms with Crippen LogP contribution < -0.4 is 4.74 Å². The number of hydrogen-bond donors (Lipinski definition) is 0. The smallest absolute Gasteiger partial charge is 0.293 e. The van der Waals surface area contributed by atoms with Crippen molar-refractivity contribution >= 4 is 29.0 Å². The van der Waals surface area contributed by atoms with Crippen LogP contribution in [0.1, 0.15) is 27.8 Å². The fraction of sp³-hybridized carbons (Fsp3) is 0.154. The zero-order valence-corrected chi connectivity index (χ0v) is 18.3. The van der Waals surface area contributed by atoms with Gasteiger partial charge < -0.3 is 4.74 Å². The van der Waals surface area contributed by atoms with Crippen molar-refractivity contribution in [3.05, 3.63) is 106 Å². The van der Waals surface area contributed by atoms with Gasteiger partial charge in [-0.1, -0.05) is 71.8 Å². The summed E-state index contributed by atoms with van der Waals surface area (Å²) >= 11 is 0.980. The monoisotopic (exact) mass is 429 g/mol. The summed E-state index contributed by atoms with van der Waals surface area (Å²) < 4.78 is 5.85. The second-order valence-electron chi connectivity index (χ2n) is 7.60. The van der Waals surface area contributed by atoms with Crippen LogP contribution in [0.25, 0.3) is 6.08 Å². The number of ether oxygens (including phenoxy) is 1. The van der Waals surface area contributed by atoms with Gasteiger partial charge in [-0.05, 0) is 60.5 Å². The van der Waals surface area contributed by atoms with E-state index in [0.717, 1.165) is 39.8 Å². The first-order valence-electron chi connectivity index (χ1n) is 10.1. The van der Waals surface area contributed by atoms with Crippen LogP contribution in [0.15, 0.2) is 77.7 Å². The molecule has 1 saturated heterocycles. The van der Waals surface area contributed by atoms with Crippen LogP contribution in [-0.4, -0.2) is 16.0 Å². The lowest BCUT2D eigenvalue weighted by Crippen LogP contribution is -2.27. The maximum absolute atomic E-state index is 12.8. The minimum atomic E-state index is -0.253. The van der Waals surface area contributed by atoms with E-state index in [1.807, 2.05) is 67.6 Å². The molecule has 0 atom stereocenters. The molecule has 0 bridgehead atoms. The number of carbonyl (C=O) groups excluding carboxylic acids is 2. The molecule has 31 heavy (non-hydrogen) atoms. The molecule has 0 N–H and O–H groups in total. The zero-order valence-electron chi connectivity index (χ0n) is 17.5. The molecule has 2 amide bonds. The van der Waals surface area contributed by atoms with Gasteiger partial charge in [0.15, 0.2) is 0 Å². The second-order valence-corrected chi connectivity index (χ2v) is 8.60. The molecule has 0 aliphatic carbocycles. The normalized spacial score (nSPS) is 15.0. The van der Waals surface area contributed by atoms with Gasteiger partial charge in [0, 0.05) is 0 Å². The minimum Gasteiger partial charge on any atom is -0.489 e. The number of aryl methyl sites for hydroxylation is 2. The summed E-state index contributed by atoms with van der Waals surface area (Å²) in [7, 11) is 0. The first kappa shape index (κ1) is 20.9. The van der Waals surface area contributed by atoms with Crippen LogP contribution in [0.4, 0.5) is 4.79 Å². The summed E-state index contributed by atoms with van der Waals surface area (Å²) in [5.41, 5.74) is 5.21. The maximum Gasteiger partial charge on any atom is 0.293 e. The Balaban J connectivity index is 1.41. The molecule has 1 aliphatic heterocycles. The fourth-order valence-corrected chi connectivity index (χ4v) is 4.25. The summed E-state index contributed by atoms with van der Waals surface area (Å²) in [6.07, 6.45) is 1.76. The van der Waals surface area contributed by atoms with Crippen molar-refractivity contribution in [2.75, 3.05) is 0 Å². The van der Waals surface area contributed by atoms with E-state index >= 15 is 0 Å². The molecular formula is C26H23NO3S. The molecule has 3 aromatic carbocycles. The predicted octanol–water partition coefficient (Wildman–Crippen LogP) is 6.12. The van der Waals surface area contributed by atoms with Crippen molar-refractivity contribution < 1.29 is 14.3 Å². The standard InChI is InChI=1S/C26H23NO3S/c1-18-5-3-7-21(13-18)16-27-25(28)24(31-26(27)29)15-20-9-11-23(12-10-20)30-17-22-8-4-6-19(2)14-22/h3-15H,16-17H2,1-2H3/b24-15+. The highest BCUT2D eigenvalue weighted by molar-refractivity contribution is 8.18. The average Bonchev–Trinajstić information content (AvgIpc) is 3.01. The Labute approximate surface area is 186 Å². The van der Waals surface area contributed by atoms with Crippen LogP contribution in [0, 0.1) is 13.8 Å². The van der Waals surface area contributed by atoms with Gasteiger partial charge in [-0.2, -0.15) is 0 Å². The molecule has 1 heterocycles. The van der Waals surface area contributed by atoms with Gasteiger partial charge >= 0.3 is 0 Å². The molecule has 1 aliphatic rings. The highest BCUT2D eigenvalue weighted by Gasteiger charge is 2.34. The Morgan fingerprint density at radius 3 is 2.19 bits per heavy atom. The van der Waals surface area contributed by atoms with Gasteiger partial charge in [0.2, 0.25) is 0 Å². The molecule has 1 fully saturated rings. The molecule has 4 nitrogen and oxygen atoms in total. The van der Waals surface area contributed by atoms with Crippen molar-refractivity contribution in [1.29, 1.82) is 0 Å². The van der Waals surface area contributed by atoms with E-state index in [9.17, 15) is 9.59 Å². The van der Waals surface area contributed by atoms with E-state index in [-0.39, 0.29) is 17.7 Å². The van der Waals surface area contributed by atoms with Crippen LogP contribution in [-0.2, 0) is 17.9 Å². The van der Waals surface area contributed by atoms with Crippen molar-refractivity contribution in [1.82, 2.24) is 4.90 Å². The number of amides is 2. The van der Waals surface area contributed by atoms with Crippen LogP contribution in [0.3, 0.4) is 0 Å². The highest BCUT2D eigenvalue weighted by atomic mass is 32.2. The van der Waals surface area contributed by atoms with E-state index in [0.29, 0.717) is 11.5 Å². The predicted molar refractivity (Wildman–Crippen MR) is 125 cm³/mol. The Kier molecular flexibility index (Phi) is 6.23. The minimum absolute atomic E-state index is 0.240. The molecule has 0 saturated carbocycles. The summed E-state index contributed by atoms with van der Waals surface area (Å²) in [6, 6.07) is 23.6. The Hall–Kier alpha value is -3.31. The van der Waals surface area contributed by atoms with E-state index in [2.05, 4.69) is 19.1 Å². The zero-order chi connectivity index (χ0) is 21.8. The van der Waals surface area contributed by atoms with Crippen molar-refractivity contribution in [2.45, 2.75) is 27.0 Å². The molecule has 0 spiro atoms. The topological polar surface area (TPSA) is 46.6 Å². The van der Waals surface area contributed by atoms with E-state index in [4.69, 9.17) is 4.74 Å². The third-order valence-electron chi connectivity index (χ3n) is 4.96. The third kappa shape index (κ3) is 5.25. The number of rotatable bonds is 6. The van der Waals surface area contributed by atoms with Gasteiger partial charge in [0.05, 0.1) is 11.4 Å². The van der Waals surface area contributed by atoms with Crippen LogP contribution in [0.2, 0.25) is 0 Å². The van der Waals surface area contributed by atoms with Crippen molar-refractivity contribution in [3.8, 4) is 5.75 Å². The van der Waals surface area contributed by atoms with E-state index < -0.39 is 0 Å². The Morgan fingerprint density at radius 2 is 1.52 bits per heavy atom. The number of imide groups is 1. The van der Waals surface area contributed by atoms with Gasteiger partial charge in [0.25, 0.3) is 11.1 Å². The molecule has 0 unspecified atom stereocenters. The summed E-state index contributed by atoms with van der Waals surface area (Å²) in [4.78, 5) is 26.9. The number of thioether (sulfide) groups is 1. The Bertz CT molecular complexity index is 1150.